The van der Waals surface area contributed by atoms with Gasteiger partial charge in [-0.25, -0.2) is 26.6 Å². The Hall–Kier alpha value is -5.26. The van der Waals surface area contributed by atoms with Crippen molar-refractivity contribution in [2.75, 3.05) is 11.0 Å². The summed E-state index contributed by atoms with van der Waals surface area (Å²) in [5.74, 6) is -6.16. The molecule has 59 heavy (non-hydrogen) atoms. The third kappa shape index (κ3) is 7.59. The van der Waals surface area contributed by atoms with Gasteiger partial charge in [0.05, 0.1) is 46.8 Å². The number of rotatable bonds is 9. The van der Waals surface area contributed by atoms with E-state index in [4.69, 9.17) is 11.6 Å². The van der Waals surface area contributed by atoms with E-state index in [0.717, 1.165) is 18.4 Å². The number of aromatic nitrogens is 5. The summed E-state index contributed by atoms with van der Waals surface area (Å²) in [6.07, 6.45) is -6.47. The lowest BCUT2D eigenvalue weighted by Gasteiger charge is -2.39. The normalized spacial score (nSPS) is 20.2. The second kappa shape index (κ2) is 13.6. The predicted octanol–water partition coefficient (Wildman–Crippen LogP) is 6.84. The topological polar surface area (TPSA) is 144 Å². The Kier molecular flexibility index (Phi) is 9.37. The van der Waals surface area contributed by atoms with Gasteiger partial charge in [0.2, 0.25) is 15.9 Å². The van der Waals surface area contributed by atoms with Crippen LogP contribution in [-0.4, -0.2) is 61.8 Å². The van der Waals surface area contributed by atoms with Gasteiger partial charge in [0.15, 0.2) is 11.5 Å². The number of amides is 1. The number of nitrogens with one attached hydrogen (secondary N) is 2. The van der Waals surface area contributed by atoms with Crippen LogP contribution >= 0.6 is 11.6 Å². The van der Waals surface area contributed by atoms with E-state index in [9.17, 15) is 44.7 Å². The number of alkyl halides is 7. The third-order valence-electron chi connectivity index (χ3n) is 10.4. The zero-order valence-electron chi connectivity index (χ0n) is 30.6. The first kappa shape index (κ1) is 40.5. The maximum absolute atomic E-state index is 15.4. The van der Waals surface area contributed by atoms with Crippen molar-refractivity contribution in [3.63, 3.8) is 0 Å². The fourth-order valence-corrected chi connectivity index (χ4v) is 8.77. The molecule has 3 aliphatic rings. The molecule has 21 heteroatoms. The minimum Gasteiger partial charge on any atom is -0.377 e. The van der Waals surface area contributed by atoms with E-state index in [1.165, 1.54) is 48.1 Å². The number of benzene rings is 2. The maximum atomic E-state index is 15.4. The van der Waals surface area contributed by atoms with E-state index < -0.39 is 99.6 Å². The highest BCUT2D eigenvalue weighted by Gasteiger charge is 2.68. The first-order valence-corrected chi connectivity index (χ1v) is 20.1. The predicted molar refractivity (Wildman–Crippen MR) is 196 cm³/mol. The lowest BCUT2D eigenvalue weighted by molar-refractivity contribution is -0.176. The maximum Gasteiger partial charge on any atom is 0.435 e. The monoisotopic (exact) mass is 867 g/mol. The summed E-state index contributed by atoms with van der Waals surface area (Å²) in [6, 6.07) is 9.64. The van der Waals surface area contributed by atoms with Gasteiger partial charge in [-0.05, 0) is 60.6 Å². The number of fused-ring (bicyclic) bond motifs is 4. The molecule has 1 amide bonds. The van der Waals surface area contributed by atoms with Crippen molar-refractivity contribution < 1.29 is 53.4 Å². The Morgan fingerprint density at radius 3 is 2.46 bits per heavy atom. The molecule has 2 aromatic carbocycles. The molecule has 0 bridgehead atoms. The average Bonchev–Trinajstić information content (AvgIpc) is 3.64. The Labute approximate surface area is 334 Å². The van der Waals surface area contributed by atoms with Gasteiger partial charge in [0.1, 0.15) is 29.4 Å². The van der Waals surface area contributed by atoms with Gasteiger partial charge in [0, 0.05) is 29.7 Å². The van der Waals surface area contributed by atoms with Gasteiger partial charge in [-0.2, -0.15) is 32.1 Å². The van der Waals surface area contributed by atoms with E-state index >= 15 is 8.78 Å². The molecule has 5 aromatic rings. The van der Waals surface area contributed by atoms with E-state index in [1.807, 2.05) is 0 Å². The Morgan fingerprint density at radius 1 is 1.08 bits per heavy atom. The number of halogens is 9. The van der Waals surface area contributed by atoms with Crippen molar-refractivity contribution in [3.8, 4) is 23.0 Å². The number of carbonyl (C=O) groups is 1. The zero-order valence-corrected chi connectivity index (χ0v) is 32.2. The minimum absolute atomic E-state index is 0.0453. The van der Waals surface area contributed by atoms with Crippen molar-refractivity contribution in [2.24, 2.45) is 13.0 Å². The molecule has 0 radical (unpaired) electrons. The van der Waals surface area contributed by atoms with Gasteiger partial charge < -0.3 is 10.4 Å². The molecule has 0 aliphatic heterocycles. The summed E-state index contributed by atoms with van der Waals surface area (Å²) in [5.41, 5.74) is -4.32. The Balaban J connectivity index is 1.26. The summed E-state index contributed by atoms with van der Waals surface area (Å²) < 4.78 is 143. The second-order valence-corrected chi connectivity index (χ2v) is 17.2. The number of hydrogen-bond acceptors (Lipinski definition) is 7. The number of carbonyl (C=O) groups excluding carboxylic acids is 1. The molecule has 3 N–H and O–H groups in total. The van der Waals surface area contributed by atoms with Crippen LogP contribution in [0.2, 0.25) is 5.02 Å². The Bertz CT molecular complexity index is 2750. The molecule has 3 atom stereocenters. The molecule has 2 saturated carbocycles. The first-order chi connectivity index (χ1) is 27.4. The molecule has 310 valence electrons. The minimum atomic E-state index is -5.09. The van der Waals surface area contributed by atoms with Gasteiger partial charge in [0.25, 0.3) is 11.8 Å². The highest BCUT2D eigenvalue weighted by Crippen LogP contribution is 2.68. The summed E-state index contributed by atoms with van der Waals surface area (Å²) >= 11 is 6.56. The SMILES string of the molecule is Cn1nc(NS(C)(=O)=O)c2c(Cl)ccc(-c3ccc(C#CC4(O)CC(F)(F)C4)nc3[C@H](Cc3cccc(F)c3)NC(=O)Cn3nc(C(F)(F)F)c4c3C(F)(F)[C@@H]3C[C@H]43)c21. The van der Waals surface area contributed by atoms with Gasteiger partial charge in [-0.15, -0.1) is 0 Å². The molecular formula is C38H30ClF8N7O4S. The quantitative estimate of drug-likeness (QED) is 0.109. The van der Waals surface area contributed by atoms with Crippen LogP contribution in [0.3, 0.4) is 0 Å². The van der Waals surface area contributed by atoms with Crippen LogP contribution in [0.15, 0.2) is 48.5 Å². The van der Waals surface area contributed by atoms with Crippen LogP contribution in [0.5, 0.6) is 0 Å². The molecule has 8 rings (SSSR count). The molecular weight excluding hydrogens is 838 g/mol. The Morgan fingerprint density at radius 2 is 1.80 bits per heavy atom. The number of hydrogen-bond donors (Lipinski definition) is 3. The fourth-order valence-electron chi connectivity index (χ4n) is 8.04. The van der Waals surface area contributed by atoms with Gasteiger partial charge in [-0.1, -0.05) is 35.7 Å². The third-order valence-corrected chi connectivity index (χ3v) is 11.3. The standard InChI is InChI=1S/C38H30ClF8N7O4S/c1-53-31-22(8-9-25(39)29(31)34(51-53)52-59(2,57)58)21-7-6-20(10-11-35(56)16-36(41,42)17-35)48-30(21)26(13-18-4-3-5-19(40)12-18)49-27(55)15-54-33-28(32(50-54)38(45,46)47)23-14-24(23)37(33,43)44/h3-9,12,23-24,26,56H,13-17H2,1-2H3,(H,49,55)(H,51,52)/t23-,24+,26-/m0/s1. The highest BCUT2D eigenvalue weighted by atomic mass is 35.5. The van der Waals surface area contributed by atoms with Crippen LogP contribution in [0.25, 0.3) is 22.0 Å². The van der Waals surface area contributed by atoms with Crippen molar-refractivity contribution >= 4 is 44.3 Å². The van der Waals surface area contributed by atoms with E-state index in [-0.39, 0.29) is 62.7 Å². The number of nitrogens with zero attached hydrogens (tertiary/aromatic N) is 5. The molecule has 3 aliphatic carbocycles. The number of pyridine rings is 1. The molecule has 11 nitrogen and oxygen atoms in total. The first-order valence-electron chi connectivity index (χ1n) is 17.8. The molecule has 2 fully saturated rings. The van der Waals surface area contributed by atoms with Crippen LogP contribution in [0.4, 0.5) is 40.9 Å². The van der Waals surface area contributed by atoms with Crippen LogP contribution in [0.1, 0.15) is 65.1 Å². The number of anilines is 1. The molecule has 3 aromatic heterocycles. The molecule has 3 heterocycles. The van der Waals surface area contributed by atoms with Crippen LogP contribution in [-0.2, 0) is 46.9 Å². The smallest absolute Gasteiger partial charge is 0.377 e. The van der Waals surface area contributed by atoms with Crippen molar-refractivity contribution in [1.82, 2.24) is 29.9 Å². The summed E-state index contributed by atoms with van der Waals surface area (Å²) in [7, 11) is -2.38. The van der Waals surface area contributed by atoms with Crippen molar-refractivity contribution in [3.05, 3.63) is 93.3 Å². The second-order valence-electron chi connectivity index (χ2n) is 15.1. The summed E-state index contributed by atoms with van der Waals surface area (Å²) in [5, 5.41) is 21.2. The lowest BCUT2D eigenvalue weighted by atomic mass is 9.77. The largest absolute Gasteiger partial charge is 0.435 e. The summed E-state index contributed by atoms with van der Waals surface area (Å²) in [6.45, 7) is -1.09. The molecule has 0 unspecified atom stereocenters. The van der Waals surface area contributed by atoms with Gasteiger partial charge >= 0.3 is 6.18 Å². The average molecular weight is 868 g/mol. The van der Waals surface area contributed by atoms with Crippen molar-refractivity contribution in [2.45, 2.75) is 67.8 Å². The van der Waals surface area contributed by atoms with Gasteiger partial charge in [-0.3, -0.25) is 18.9 Å². The molecule has 0 saturated heterocycles. The fraction of sp³-hybridized carbons (Fsp3) is 0.368. The van der Waals surface area contributed by atoms with Crippen LogP contribution < -0.4 is 10.0 Å². The highest BCUT2D eigenvalue weighted by molar-refractivity contribution is 7.92. The molecule has 0 spiro atoms. The lowest BCUT2D eigenvalue weighted by Crippen LogP contribution is -2.50. The van der Waals surface area contributed by atoms with Crippen LogP contribution in [0, 0.1) is 23.6 Å². The number of aliphatic hydroxyl groups is 1. The number of aryl methyl sites for hydroxylation is 1. The summed E-state index contributed by atoms with van der Waals surface area (Å²) in [4.78, 5) is 18.6. The number of sulfonamides is 1. The van der Waals surface area contributed by atoms with E-state index in [1.54, 1.807) is 0 Å². The van der Waals surface area contributed by atoms with Crippen molar-refractivity contribution in [1.29, 1.82) is 0 Å². The van der Waals surface area contributed by atoms with E-state index in [2.05, 4.69) is 37.1 Å². The van der Waals surface area contributed by atoms with E-state index in [0.29, 0.717) is 4.68 Å². The zero-order chi connectivity index (χ0) is 42.6.